The molecule has 1 saturated carbocycles. The molecule has 26 heavy (non-hydrogen) atoms. The van der Waals surface area contributed by atoms with Crippen molar-refractivity contribution < 1.29 is 22.1 Å². The van der Waals surface area contributed by atoms with E-state index in [4.69, 9.17) is 8.92 Å². The molecule has 8 heteroatoms. The highest BCUT2D eigenvalue weighted by molar-refractivity contribution is 7.86. The first-order valence-electron chi connectivity index (χ1n) is 9.93. The largest absolute Gasteiger partial charge is 0.416 e. The summed E-state index contributed by atoms with van der Waals surface area (Å²) in [4.78, 5) is 16.2. The average Bonchev–Trinajstić information content (AvgIpc) is 3.18. The molecule has 3 rings (SSSR count). The summed E-state index contributed by atoms with van der Waals surface area (Å²) in [5, 5.41) is 0. The number of amides is 1. The lowest BCUT2D eigenvalue weighted by Gasteiger charge is -2.36. The predicted octanol–water partition coefficient (Wildman–Crippen LogP) is 2.56. The smallest absolute Gasteiger partial charge is 0.412 e. The molecule has 1 aliphatic carbocycles. The van der Waals surface area contributed by atoms with Crippen LogP contribution in [-0.4, -0.2) is 68.6 Å². The van der Waals surface area contributed by atoms with Gasteiger partial charge < -0.3 is 9.64 Å². The maximum Gasteiger partial charge on any atom is 0.412 e. The minimum Gasteiger partial charge on any atom is -0.416 e. The van der Waals surface area contributed by atoms with Crippen LogP contribution < -0.4 is 0 Å². The maximum atomic E-state index is 12.0. The zero-order valence-corrected chi connectivity index (χ0v) is 16.7. The van der Waals surface area contributed by atoms with Gasteiger partial charge in [0.05, 0.1) is 12.3 Å². The summed E-state index contributed by atoms with van der Waals surface area (Å²) in [5.41, 5.74) is 0. The van der Waals surface area contributed by atoms with Gasteiger partial charge >= 0.3 is 6.09 Å². The Balaban J connectivity index is 1.37. The molecule has 2 atom stereocenters. The van der Waals surface area contributed by atoms with Crippen molar-refractivity contribution in [2.45, 2.75) is 76.7 Å². The van der Waals surface area contributed by atoms with Crippen molar-refractivity contribution in [1.82, 2.24) is 9.80 Å². The summed E-state index contributed by atoms with van der Waals surface area (Å²) in [6.45, 7) is 4.77. The molecule has 2 saturated heterocycles. The number of rotatable bonds is 7. The first-order valence-corrected chi connectivity index (χ1v) is 11.7. The van der Waals surface area contributed by atoms with E-state index in [2.05, 4.69) is 4.90 Å². The minimum atomic E-state index is -3.65. The normalized spacial score (nSPS) is 29.5. The molecular formula is C18H32N2O5S. The fourth-order valence-corrected chi connectivity index (χ4v) is 5.12. The number of nitrogens with zero attached hydrogens (tertiary/aromatic N) is 2. The molecule has 3 aliphatic rings. The Kier molecular flexibility index (Phi) is 6.45. The SMILES string of the molecule is CC1C(OS(C)(=O)=O)OC(=O)N1CCCC1CCN(C2CCCC2)CC1. The van der Waals surface area contributed by atoms with Gasteiger partial charge in [0.2, 0.25) is 6.29 Å². The van der Waals surface area contributed by atoms with Crippen LogP contribution in [-0.2, 0) is 19.0 Å². The summed E-state index contributed by atoms with van der Waals surface area (Å²) in [7, 11) is -3.65. The Morgan fingerprint density at radius 1 is 1.15 bits per heavy atom. The number of piperidine rings is 1. The van der Waals surface area contributed by atoms with Gasteiger partial charge in [0.25, 0.3) is 10.1 Å². The van der Waals surface area contributed by atoms with Gasteiger partial charge in [-0.25, -0.2) is 8.98 Å². The van der Waals surface area contributed by atoms with E-state index < -0.39 is 22.5 Å². The van der Waals surface area contributed by atoms with E-state index in [1.807, 2.05) is 0 Å². The number of hydrogen-bond acceptors (Lipinski definition) is 6. The predicted molar refractivity (Wildman–Crippen MR) is 98.2 cm³/mol. The molecule has 0 N–H and O–H groups in total. The van der Waals surface area contributed by atoms with Crippen LogP contribution in [0.25, 0.3) is 0 Å². The fourth-order valence-electron chi connectivity index (χ4n) is 4.57. The molecule has 0 aromatic rings. The third-order valence-corrected chi connectivity index (χ3v) is 6.65. The number of carbonyl (C=O) groups is 1. The summed E-state index contributed by atoms with van der Waals surface area (Å²) >= 11 is 0. The Hall–Kier alpha value is -0.860. The second-order valence-electron chi connectivity index (χ2n) is 8.05. The third kappa shape index (κ3) is 5.10. The Morgan fingerprint density at radius 2 is 1.81 bits per heavy atom. The molecule has 2 heterocycles. The van der Waals surface area contributed by atoms with Crippen LogP contribution >= 0.6 is 0 Å². The van der Waals surface area contributed by atoms with Crippen LogP contribution in [0.4, 0.5) is 4.79 Å². The lowest BCUT2D eigenvalue weighted by Crippen LogP contribution is -2.40. The Labute approximate surface area is 157 Å². The van der Waals surface area contributed by atoms with Gasteiger partial charge in [0.15, 0.2) is 0 Å². The van der Waals surface area contributed by atoms with Gasteiger partial charge in [0, 0.05) is 12.6 Å². The van der Waals surface area contributed by atoms with Gasteiger partial charge in [-0.1, -0.05) is 12.8 Å². The maximum absolute atomic E-state index is 12.0. The van der Waals surface area contributed by atoms with Gasteiger partial charge in [-0.3, -0.25) is 4.90 Å². The summed E-state index contributed by atoms with van der Waals surface area (Å²) in [5.74, 6) is 0.727. The summed E-state index contributed by atoms with van der Waals surface area (Å²) < 4.78 is 32.4. The van der Waals surface area contributed by atoms with E-state index in [0.29, 0.717) is 6.54 Å². The van der Waals surface area contributed by atoms with Crippen molar-refractivity contribution in [3.8, 4) is 0 Å². The quantitative estimate of drug-likeness (QED) is 0.624. The molecule has 0 aromatic heterocycles. The van der Waals surface area contributed by atoms with Gasteiger partial charge in [-0.15, -0.1) is 0 Å². The van der Waals surface area contributed by atoms with Crippen LogP contribution in [0.2, 0.25) is 0 Å². The number of ether oxygens (including phenoxy) is 1. The summed E-state index contributed by atoms with van der Waals surface area (Å²) in [6, 6.07) is 0.435. The van der Waals surface area contributed by atoms with E-state index in [9.17, 15) is 13.2 Å². The fraction of sp³-hybridized carbons (Fsp3) is 0.944. The van der Waals surface area contributed by atoms with E-state index in [1.165, 1.54) is 51.6 Å². The molecule has 1 amide bonds. The van der Waals surface area contributed by atoms with Crippen molar-refractivity contribution in [2.24, 2.45) is 5.92 Å². The van der Waals surface area contributed by atoms with Gasteiger partial charge in [-0.05, 0) is 64.5 Å². The van der Waals surface area contributed by atoms with Crippen molar-refractivity contribution in [2.75, 3.05) is 25.9 Å². The third-order valence-electron chi connectivity index (χ3n) is 6.11. The van der Waals surface area contributed by atoms with E-state index in [1.54, 1.807) is 11.8 Å². The van der Waals surface area contributed by atoms with E-state index in [0.717, 1.165) is 31.1 Å². The van der Waals surface area contributed by atoms with Crippen LogP contribution in [0.5, 0.6) is 0 Å². The molecular weight excluding hydrogens is 356 g/mol. The minimum absolute atomic E-state index is 0.388. The standard InChI is InChI=1S/C18H32N2O5S/c1-14-17(25-26(2,22)23)24-18(21)20(14)11-5-6-15-9-12-19(13-10-15)16-7-3-4-8-16/h14-17H,3-13H2,1-2H3. The van der Waals surface area contributed by atoms with Crippen LogP contribution in [0, 0.1) is 5.92 Å². The molecule has 2 aliphatic heterocycles. The first kappa shape index (κ1) is 19.9. The second kappa shape index (κ2) is 8.44. The van der Waals surface area contributed by atoms with Crippen LogP contribution in [0.3, 0.4) is 0 Å². The van der Waals surface area contributed by atoms with Crippen molar-refractivity contribution in [1.29, 1.82) is 0 Å². The second-order valence-corrected chi connectivity index (χ2v) is 9.65. The highest BCUT2D eigenvalue weighted by atomic mass is 32.2. The molecule has 0 aromatic carbocycles. The number of likely N-dealkylation sites (tertiary alicyclic amines) is 1. The van der Waals surface area contributed by atoms with Crippen molar-refractivity contribution >= 4 is 16.2 Å². The van der Waals surface area contributed by atoms with Crippen molar-refractivity contribution in [3.05, 3.63) is 0 Å². The topological polar surface area (TPSA) is 76.2 Å². The molecule has 2 unspecified atom stereocenters. The molecule has 150 valence electrons. The number of cyclic esters (lactones) is 1. The molecule has 0 radical (unpaired) electrons. The highest BCUT2D eigenvalue weighted by Crippen LogP contribution is 2.30. The molecule has 3 fully saturated rings. The molecule has 7 nitrogen and oxygen atoms in total. The van der Waals surface area contributed by atoms with Gasteiger partial charge in [-0.2, -0.15) is 8.42 Å². The first-order chi connectivity index (χ1) is 12.3. The highest BCUT2D eigenvalue weighted by Gasteiger charge is 2.41. The molecule has 0 spiro atoms. The summed E-state index contributed by atoms with van der Waals surface area (Å²) in [6.07, 6.45) is 9.48. The molecule has 0 bridgehead atoms. The lowest BCUT2D eigenvalue weighted by atomic mass is 9.91. The lowest BCUT2D eigenvalue weighted by molar-refractivity contribution is -0.00745. The Bertz CT molecular complexity index is 582. The zero-order valence-electron chi connectivity index (χ0n) is 15.9. The average molecular weight is 389 g/mol. The van der Waals surface area contributed by atoms with Crippen LogP contribution in [0.15, 0.2) is 0 Å². The van der Waals surface area contributed by atoms with Crippen molar-refractivity contribution in [3.63, 3.8) is 0 Å². The number of carbonyl (C=O) groups excluding carboxylic acids is 1. The van der Waals surface area contributed by atoms with Gasteiger partial charge in [0.1, 0.15) is 0 Å². The zero-order chi connectivity index (χ0) is 18.7. The van der Waals surface area contributed by atoms with E-state index in [-0.39, 0.29) is 6.04 Å². The Morgan fingerprint density at radius 3 is 2.42 bits per heavy atom. The van der Waals surface area contributed by atoms with Crippen LogP contribution in [0.1, 0.15) is 58.3 Å². The number of hydrogen-bond donors (Lipinski definition) is 0. The monoisotopic (exact) mass is 388 g/mol. The van der Waals surface area contributed by atoms with E-state index >= 15 is 0 Å².